The number of anilines is 1. The molecule has 0 bridgehead atoms. The van der Waals surface area contributed by atoms with Gasteiger partial charge in [0.05, 0.1) is 0 Å². The van der Waals surface area contributed by atoms with E-state index in [9.17, 15) is 4.79 Å². The Balaban J connectivity index is 2.68. The number of aryl methyl sites for hydroxylation is 1. The Morgan fingerprint density at radius 2 is 2.29 bits per heavy atom. The molecule has 0 atom stereocenters. The zero-order valence-corrected chi connectivity index (χ0v) is 10.2. The average Bonchev–Trinajstić information content (AvgIpc) is 2.12. The van der Waals surface area contributed by atoms with Gasteiger partial charge in [0.15, 0.2) is 0 Å². The molecule has 0 fully saturated rings. The molecule has 0 aliphatic heterocycles. The molecule has 76 valence electrons. The molecule has 0 radical (unpaired) electrons. The van der Waals surface area contributed by atoms with Crippen LogP contribution < -0.4 is 5.32 Å². The lowest BCUT2D eigenvalue weighted by molar-refractivity contribution is -0.115. The molecule has 0 aliphatic rings. The minimum atomic E-state index is -0.0595. The molecule has 0 saturated heterocycles. The van der Waals surface area contributed by atoms with Crippen molar-refractivity contribution in [3.8, 4) is 0 Å². The van der Waals surface area contributed by atoms with Crippen LogP contribution in [0.1, 0.15) is 12.0 Å². The average molecular weight is 277 g/mol. The first-order valence-corrected chi connectivity index (χ1v) is 5.58. The third kappa shape index (κ3) is 3.31. The Hall–Kier alpha value is -0.540. The number of rotatable bonds is 3. The van der Waals surface area contributed by atoms with Crippen LogP contribution in [0.3, 0.4) is 0 Å². The zero-order valence-electron chi connectivity index (χ0n) is 7.81. The second kappa shape index (κ2) is 5.37. The highest BCUT2D eigenvalue weighted by Crippen LogP contribution is 2.20. The molecule has 2 nitrogen and oxygen atoms in total. The van der Waals surface area contributed by atoms with Crippen molar-refractivity contribution in [3.05, 3.63) is 28.2 Å². The Bertz CT molecular complexity index is 341. The number of benzene rings is 1. The minimum absolute atomic E-state index is 0.0595. The summed E-state index contributed by atoms with van der Waals surface area (Å²) in [5.74, 6) is 0.287. The van der Waals surface area contributed by atoms with Gasteiger partial charge in [0, 0.05) is 22.5 Å². The van der Waals surface area contributed by atoms with Gasteiger partial charge in [0.2, 0.25) is 5.91 Å². The van der Waals surface area contributed by atoms with E-state index in [0.29, 0.717) is 12.3 Å². The number of alkyl halides is 1. The second-order valence-corrected chi connectivity index (χ2v) is 4.18. The number of amides is 1. The van der Waals surface area contributed by atoms with E-state index in [1.807, 2.05) is 25.1 Å². The number of carbonyl (C=O) groups excluding carboxylic acids is 1. The molecule has 1 aromatic rings. The molecule has 0 unspecified atom stereocenters. The molecule has 0 saturated carbocycles. The molecular formula is C10H11BrClNO. The summed E-state index contributed by atoms with van der Waals surface area (Å²) in [4.78, 5) is 11.2. The van der Waals surface area contributed by atoms with Gasteiger partial charge in [-0.05, 0) is 24.6 Å². The fourth-order valence-electron chi connectivity index (χ4n) is 0.980. The Morgan fingerprint density at radius 1 is 1.57 bits per heavy atom. The van der Waals surface area contributed by atoms with Gasteiger partial charge in [-0.1, -0.05) is 22.0 Å². The van der Waals surface area contributed by atoms with E-state index in [-0.39, 0.29) is 5.91 Å². The maximum absolute atomic E-state index is 11.2. The van der Waals surface area contributed by atoms with Gasteiger partial charge in [-0.25, -0.2) is 0 Å². The summed E-state index contributed by atoms with van der Waals surface area (Å²) in [6, 6.07) is 5.69. The molecule has 1 aromatic carbocycles. The first kappa shape index (κ1) is 11.5. The molecule has 0 heterocycles. The van der Waals surface area contributed by atoms with Crippen molar-refractivity contribution in [2.75, 3.05) is 11.2 Å². The number of hydrogen-bond acceptors (Lipinski definition) is 1. The summed E-state index contributed by atoms with van der Waals surface area (Å²) in [6.45, 7) is 1.99. The summed E-state index contributed by atoms with van der Waals surface area (Å²) < 4.78 is 0.987. The third-order valence-corrected chi connectivity index (χ3v) is 2.82. The van der Waals surface area contributed by atoms with Crippen molar-refractivity contribution in [1.82, 2.24) is 0 Å². The number of nitrogens with one attached hydrogen (secondary N) is 1. The SMILES string of the molecule is Cc1ccc(NC(=O)CCCl)cc1Br. The van der Waals surface area contributed by atoms with Crippen LogP contribution in [0.15, 0.2) is 22.7 Å². The third-order valence-electron chi connectivity index (χ3n) is 1.78. The lowest BCUT2D eigenvalue weighted by Crippen LogP contribution is -2.11. The van der Waals surface area contributed by atoms with Crippen molar-refractivity contribution >= 4 is 39.1 Å². The summed E-state index contributed by atoms with van der Waals surface area (Å²) in [6.07, 6.45) is 0.340. The van der Waals surface area contributed by atoms with Crippen molar-refractivity contribution in [3.63, 3.8) is 0 Å². The Morgan fingerprint density at radius 3 is 2.86 bits per heavy atom. The smallest absolute Gasteiger partial charge is 0.225 e. The van der Waals surface area contributed by atoms with Gasteiger partial charge in [-0.2, -0.15) is 0 Å². The van der Waals surface area contributed by atoms with Gasteiger partial charge < -0.3 is 5.32 Å². The van der Waals surface area contributed by atoms with Gasteiger partial charge >= 0.3 is 0 Å². The second-order valence-electron chi connectivity index (χ2n) is 2.95. The van der Waals surface area contributed by atoms with E-state index in [2.05, 4.69) is 21.2 Å². The molecule has 4 heteroatoms. The molecule has 1 amide bonds. The van der Waals surface area contributed by atoms with E-state index in [4.69, 9.17) is 11.6 Å². The minimum Gasteiger partial charge on any atom is -0.326 e. The summed E-state index contributed by atoms with van der Waals surface area (Å²) in [7, 11) is 0. The Kier molecular flexibility index (Phi) is 4.42. The maximum atomic E-state index is 11.2. The fraction of sp³-hybridized carbons (Fsp3) is 0.300. The van der Waals surface area contributed by atoms with Crippen molar-refractivity contribution in [2.45, 2.75) is 13.3 Å². The molecule has 1 rings (SSSR count). The van der Waals surface area contributed by atoms with Crippen molar-refractivity contribution < 1.29 is 4.79 Å². The number of carbonyl (C=O) groups is 1. The highest BCUT2D eigenvalue weighted by atomic mass is 79.9. The topological polar surface area (TPSA) is 29.1 Å². The Labute approximate surface area is 96.8 Å². The van der Waals surface area contributed by atoms with Gasteiger partial charge in [0.1, 0.15) is 0 Å². The van der Waals surface area contributed by atoms with E-state index >= 15 is 0 Å². The first-order chi connectivity index (χ1) is 6.63. The lowest BCUT2D eigenvalue weighted by atomic mass is 10.2. The number of halogens is 2. The van der Waals surface area contributed by atoms with Crippen LogP contribution in [0.2, 0.25) is 0 Å². The van der Waals surface area contributed by atoms with Crippen LogP contribution in [0.4, 0.5) is 5.69 Å². The summed E-state index contributed by atoms with van der Waals surface area (Å²) in [5.41, 5.74) is 1.93. The predicted octanol–water partition coefficient (Wildman–Crippen LogP) is 3.32. The van der Waals surface area contributed by atoms with E-state index in [1.54, 1.807) is 0 Å². The van der Waals surface area contributed by atoms with E-state index in [1.165, 1.54) is 0 Å². The quantitative estimate of drug-likeness (QED) is 0.843. The van der Waals surface area contributed by atoms with E-state index < -0.39 is 0 Å². The molecule has 0 aliphatic carbocycles. The molecule has 0 spiro atoms. The van der Waals surface area contributed by atoms with Gasteiger partial charge in [-0.15, -0.1) is 11.6 Å². The summed E-state index contributed by atoms with van der Waals surface area (Å²) in [5, 5.41) is 2.76. The highest BCUT2D eigenvalue weighted by molar-refractivity contribution is 9.10. The standard InChI is InChI=1S/C10H11BrClNO/c1-7-2-3-8(6-9(7)11)13-10(14)4-5-12/h2-3,6H,4-5H2,1H3,(H,13,14). The fourth-order valence-corrected chi connectivity index (χ4v) is 1.53. The van der Waals surface area contributed by atoms with Crippen molar-refractivity contribution in [2.24, 2.45) is 0 Å². The van der Waals surface area contributed by atoms with Crippen LogP contribution in [0.25, 0.3) is 0 Å². The molecule has 14 heavy (non-hydrogen) atoms. The first-order valence-electron chi connectivity index (χ1n) is 4.25. The van der Waals surface area contributed by atoms with Crippen LogP contribution in [-0.2, 0) is 4.79 Å². The van der Waals surface area contributed by atoms with Crippen LogP contribution in [0, 0.1) is 6.92 Å². The highest BCUT2D eigenvalue weighted by Gasteiger charge is 2.02. The lowest BCUT2D eigenvalue weighted by Gasteiger charge is -2.05. The van der Waals surface area contributed by atoms with Gasteiger partial charge in [-0.3, -0.25) is 4.79 Å². The number of hydrogen-bond donors (Lipinski definition) is 1. The van der Waals surface area contributed by atoms with Crippen LogP contribution >= 0.6 is 27.5 Å². The van der Waals surface area contributed by atoms with Crippen LogP contribution in [-0.4, -0.2) is 11.8 Å². The largest absolute Gasteiger partial charge is 0.326 e. The van der Waals surface area contributed by atoms with Crippen molar-refractivity contribution in [1.29, 1.82) is 0 Å². The molecular weight excluding hydrogens is 265 g/mol. The summed E-state index contributed by atoms with van der Waals surface area (Å²) >= 11 is 8.85. The molecule has 1 N–H and O–H groups in total. The normalized spacial score (nSPS) is 9.93. The van der Waals surface area contributed by atoms with Gasteiger partial charge in [0.25, 0.3) is 0 Å². The molecule has 0 aromatic heterocycles. The maximum Gasteiger partial charge on any atom is 0.225 e. The monoisotopic (exact) mass is 275 g/mol. The zero-order chi connectivity index (χ0) is 10.6. The van der Waals surface area contributed by atoms with Crippen LogP contribution in [0.5, 0.6) is 0 Å². The predicted molar refractivity (Wildman–Crippen MR) is 62.8 cm³/mol. The van der Waals surface area contributed by atoms with E-state index in [0.717, 1.165) is 15.7 Å².